The number of halogens is 3. The zero-order valence-corrected chi connectivity index (χ0v) is 12.8. The van der Waals surface area contributed by atoms with E-state index in [4.69, 9.17) is 10.3 Å². The lowest BCUT2D eigenvalue weighted by Gasteiger charge is -2.23. The summed E-state index contributed by atoms with van der Waals surface area (Å²) in [5.74, 6) is -1.57. The third-order valence-corrected chi connectivity index (χ3v) is 3.33. The monoisotopic (exact) mass is 345 g/mol. The molecule has 0 aliphatic rings. The van der Waals surface area contributed by atoms with Crippen molar-refractivity contribution in [1.29, 1.82) is 0 Å². The number of hydrogen-bond acceptors (Lipinski definition) is 4. The van der Waals surface area contributed by atoms with Crippen molar-refractivity contribution in [2.24, 2.45) is 11.1 Å². The Bertz CT molecular complexity index is 614. The summed E-state index contributed by atoms with van der Waals surface area (Å²) in [7, 11) is 0. The Balaban J connectivity index is 2.44. The molecule has 0 aliphatic heterocycles. The smallest absolute Gasteiger partial charge is 0.263 e. The van der Waals surface area contributed by atoms with Crippen LogP contribution in [0.3, 0.4) is 0 Å². The minimum atomic E-state index is -0.781. The van der Waals surface area contributed by atoms with Gasteiger partial charge in [0.1, 0.15) is 17.2 Å². The van der Waals surface area contributed by atoms with Gasteiger partial charge in [-0.1, -0.05) is 41.9 Å². The topological polar surface area (TPSA) is 64.9 Å². The third-order valence-electron chi connectivity index (χ3n) is 2.87. The highest BCUT2D eigenvalue weighted by Crippen LogP contribution is 2.32. The summed E-state index contributed by atoms with van der Waals surface area (Å²) in [6, 6.07) is 1.76. The van der Waals surface area contributed by atoms with Gasteiger partial charge in [-0.05, 0) is 17.5 Å². The summed E-state index contributed by atoms with van der Waals surface area (Å²) in [6.45, 7) is 5.73. The second-order valence-corrected chi connectivity index (χ2v) is 6.46. The highest BCUT2D eigenvalue weighted by atomic mass is 79.9. The molecular weight excluding hydrogens is 332 g/mol. The van der Waals surface area contributed by atoms with Crippen molar-refractivity contribution in [2.45, 2.75) is 26.8 Å². The van der Waals surface area contributed by atoms with E-state index in [0.29, 0.717) is 4.47 Å². The molecule has 1 heterocycles. The Labute approximate surface area is 123 Å². The summed E-state index contributed by atoms with van der Waals surface area (Å²) in [6.07, 6.45) is 0. The van der Waals surface area contributed by atoms with Crippen LogP contribution in [0.25, 0.3) is 11.5 Å². The summed E-state index contributed by atoms with van der Waals surface area (Å²) in [5.41, 5.74) is 5.34. The van der Waals surface area contributed by atoms with E-state index < -0.39 is 17.7 Å². The molecule has 2 rings (SSSR count). The van der Waals surface area contributed by atoms with E-state index in [-0.39, 0.29) is 22.7 Å². The van der Waals surface area contributed by atoms with Crippen molar-refractivity contribution in [3.63, 3.8) is 0 Å². The molecule has 0 fully saturated rings. The van der Waals surface area contributed by atoms with Gasteiger partial charge in [-0.15, -0.1) is 0 Å². The van der Waals surface area contributed by atoms with Gasteiger partial charge in [-0.2, -0.15) is 4.98 Å². The number of aromatic nitrogens is 2. The molecule has 1 aromatic heterocycles. The largest absolute Gasteiger partial charge is 0.334 e. The van der Waals surface area contributed by atoms with Crippen molar-refractivity contribution in [3.8, 4) is 11.5 Å². The lowest BCUT2D eigenvalue weighted by Crippen LogP contribution is -2.27. The standard InChI is InChI=1S/C13H14BrF2N3O/c1-13(2,3)10(17)11-18-12(20-19-11)9-7(15)4-6(14)5-8(9)16/h4-5,10H,17H2,1-3H3. The van der Waals surface area contributed by atoms with Crippen molar-refractivity contribution in [3.05, 3.63) is 34.1 Å². The van der Waals surface area contributed by atoms with Crippen molar-refractivity contribution in [2.75, 3.05) is 0 Å². The van der Waals surface area contributed by atoms with Crippen LogP contribution in [0.4, 0.5) is 8.78 Å². The molecule has 2 aromatic rings. The number of nitrogens with zero attached hydrogens (tertiary/aromatic N) is 2. The van der Waals surface area contributed by atoms with Gasteiger partial charge in [0.15, 0.2) is 5.82 Å². The molecule has 1 aromatic carbocycles. The zero-order chi connectivity index (χ0) is 15.1. The normalized spacial score (nSPS) is 13.6. The second kappa shape index (κ2) is 5.21. The van der Waals surface area contributed by atoms with Crippen LogP contribution in [0.2, 0.25) is 0 Å². The molecule has 7 heteroatoms. The fourth-order valence-electron chi connectivity index (χ4n) is 1.60. The fourth-order valence-corrected chi connectivity index (χ4v) is 2.00. The van der Waals surface area contributed by atoms with Crippen LogP contribution in [0.15, 0.2) is 21.1 Å². The Morgan fingerprint density at radius 2 is 1.80 bits per heavy atom. The molecule has 0 amide bonds. The van der Waals surface area contributed by atoms with Crippen LogP contribution in [0, 0.1) is 17.0 Å². The van der Waals surface area contributed by atoms with Crippen LogP contribution in [-0.2, 0) is 0 Å². The van der Waals surface area contributed by atoms with Gasteiger partial charge in [0.2, 0.25) is 0 Å². The lowest BCUT2D eigenvalue weighted by molar-refractivity contribution is 0.303. The number of rotatable bonds is 2. The molecule has 0 aliphatic carbocycles. The molecule has 1 atom stereocenters. The molecule has 4 nitrogen and oxygen atoms in total. The van der Waals surface area contributed by atoms with Gasteiger partial charge in [0.05, 0.1) is 6.04 Å². The number of nitrogens with two attached hydrogens (primary N) is 1. The van der Waals surface area contributed by atoms with E-state index >= 15 is 0 Å². The lowest BCUT2D eigenvalue weighted by atomic mass is 9.87. The molecule has 0 saturated heterocycles. The molecular formula is C13H14BrF2N3O. The molecule has 1 unspecified atom stereocenters. The van der Waals surface area contributed by atoms with Gasteiger partial charge in [-0.25, -0.2) is 8.78 Å². The number of hydrogen-bond donors (Lipinski definition) is 1. The van der Waals surface area contributed by atoms with Crippen molar-refractivity contribution in [1.82, 2.24) is 10.1 Å². The highest BCUT2D eigenvalue weighted by molar-refractivity contribution is 9.10. The predicted molar refractivity (Wildman–Crippen MR) is 73.7 cm³/mol. The number of benzene rings is 1. The van der Waals surface area contributed by atoms with Crippen molar-refractivity contribution < 1.29 is 13.3 Å². The molecule has 0 radical (unpaired) electrons. The molecule has 108 valence electrons. The third kappa shape index (κ3) is 2.88. The summed E-state index contributed by atoms with van der Waals surface area (Å²) >= 11 is 3.01. The maximum Gasteiger partial charge on any atom is 0.263 e. The van der Waals surface area contributed by atoms with Gasteiger partial charge in [-0.3, -0.25) is 0 Å². The average molecular weight is 346 g/mol. The Kier molecular flexibility index (Phi) is 3.93. The molecule has 20 heavy (non-hydrogen) atoms. The fraction of sp³-hybridized carbons (Fsp3) is 0.385. The van der Waals surface area contributed by atoms with Crippen LogP contribution >= 0.6 is 15.9 Å². The summed E-state index contributed by atoms with van der Waals surface area (Å²) < 4.78 is 32.9. The van der Waals surface area contributed by atoms with Gasteiger partial charge in [0, 0.05) is 4.47 Å². The summed E-state index contributed by atoms with van der Waals surface area (Å²) in [4.78, 5) is 4.00. The quantitative estimate of drug-likeness (QED) is 0.898. The van der Waals surface area contributed by atoms with Gasteiger partial charge >= 0.3 is 0 Å². The van der Waals surface area contributed by atoms with E-state index in [0.717, 1.165) is 12.1 Å². The zero-order valence-electron chi connectivity index (χ0n) is 11.2. The molecule has 0 spiro atoms. The van der Waals surface area contributed by atoms with Gasteiger partial charge < -0.3 is 10.3 Å². The Morgan fingerprint density at radius 3 is 2.30 bits per heavy atom. The van der Waals surface area contributed by atoms with Crippen LogP contribution in [0.1, 0.15) is 32.6 Å². The minimum absolute atomic E-state index is 0.217. The first-order valence-corrected chi connectivity index (χ1v) is 6.73. The first-order chi connectivity index (χ1) is 9.20. The van der Waals surface area contributed by atoms with Crippen molar-refractivity contribution >= 4 is 15.9 Å². The first kappa shape index (κ1) is 15.1. The average Bonchev–Trinajstić information content (AvgIpc) is 2.74. The van der Waals surface area contributed by atoms with E-state index in [1.807, 2.05) is 20.8 Å². The van der Waals surface area contributed by atoms with Gasteiger partial charge in [0.25, 0.3) is 5.89 Å². The highest BCUT2D eigenvalue weighted by Gasteiger charge is 2.28. The summed E-state index contributed by atoms with van der Waals surface area (Å²) in [5, 5.41) is 3.71. The SMILES string of the molecule is CC(C)(C)C(N)c1noc(-c2c(F)cc(Br)cc2F)n1. The van der Waals surface area contributed by atoms with E-state index in [2.05, 4.69) is 26.1 Å². The van der Waals surface area contributed by atoms with Crippen LogP contribution in [-0.4, -0.2) is 10.1 Å². The van der Waals surface area contributed by atoms with E-state index in [1.165, 1.54) is 0 Å². The minimum Gasteiger partial charge on any atom is -0.334 e. The van der Waals surface area contributed by atoms with Crippen LogP contribution < -0.4 is 5.73 Å². The second-order valence-electron chi connectivity index (χ2n) is 5.55. The first-order valence-electron chi connectivity index (χ1n) is 5.94. The Morgan fingerprint density at radius 1 is 1.25 bits per heavy atom. The maximum atomic E-state index is 13.8. The maximum absolute atomic E-state index is 13.8. The van der Waals surface area contributed by atoms with Crippen LogP contribution in [0.5, 0.6) is 0 Å². The molecule has 0 bridgehead atoms. The molecule has 0 saturated carbocycles. The Hall–Kier alpha value is -1.34. The van der Waals surface area contributed by atoms with E-state index in [9.17, 15) is 8.78 Å². The predicted octanol–water partition coefficient (Wildman–Crippen LogP) is 3.82. The molecule has 2 N–H and O–H groups in total. The van der Waals surface area contributed by atoms with E-state index in [1.54, 1.807) is 0 Å².